The summed E-state index contributed by atoms with van der Waals surface area (Å²) in [6.07, 6.45) is 3.93. The predicted octanol–water partition coefficient (Wildman–Crippen LogP) is 5.14. The summed E-state index contributed by atoms with van der Waals surface area (Å²) >= 11 is 0. The number of fused-ring (bicyclic) bond motifs is 3. The van der Waals surface area contributed by atoms with E-state index in [-0.39, 0.29) is 47.1 Å². The second-order valence-electron chi connectivity index (χ2n) is 12.2. The van der Waals surface area contributed by atoms with E-state index in [9.17, 15) is 19.0 Å². The minimum Gasteiger partial charge on any atom is -0.508 e. The van der Waals surface area contributed by atoms with Gasteiger partial charge in [-0.2, -0.15) is 9.97 Å². The zero-order valence-electron chi connectivity index (χ0n) is 23.3. The van der Waals surface area contributed by atoms with Crippen LogP contribution in [0.15, 0.2) is 36.5 Å². The zero-order valence-corrected chi connectivity index (χ0v) is 23.3. The molecule has 0 saturated carbocycles. The summed E-state index contributed by atoms with van der Waals surface area (Å²) in [6, 6.07) is 7.05. The predicted molar refractivity (Wildman–Crippen MR) is 152 cm³/mol. The molecule has 0 radical (unpaired) electrons. The second-order valence-corrected chi connectivity index (χ2v) is 12.2. The van der Waals surface area contributed by atoms with Crippen molar-refractivity contribution in [2.75, 3.05) is 37.7 Å². The Morgan fingerprint density at radius 3 is 2.79 bits per heavy atom. The molecule has 1 unspecified atom stereocenters. The molecule has 0 aliphatic carbocycles. The molecule has 7 rings (SSSR count). The van der Waals surface area contributed by atoms with Crippen molar-refractivity contribution in [2.24, 2.45) is 0 Å². The van der Waals surface area contributed by atoms with E-state index in [4.69, 9.17) is 4.74 Å². The molecule has 3 fully saturated rings. The van der Waals surface area contributed by atoms with E-state index in [0.717, 1.165) is 19.4 Å². The Hall–Kier alpha value is -3.70. The fourth-order valence-electron chi connectivity index (χ4n) is 7.12. The van der Waals surface area contributed by atoms with Gasteiger partial charge in [-0.25, -0.2) is 13.2 Å². The lowest BCUT2D eigenvalue weighted by Gasteiger charge is -2.38. The maximum Gasteiger partial charge on any atom is 0.319 e. The van der Waals surface area contributed by atoms with Gasteiger partial charge in [-0.3, -0.25) is 9.88 Å². The number of pyridine rings is 1. The molecule has 3 saturated heterocycles. The maximum absolute atomic E-state index is 16.5. The molecular formula is C31H32F3N5O3. The van der Waals surface area contributed by atoms with Gasteiger partial charge in [-0.15, -0.1) is 0 Å². The third-order valence-electron chi connectivity index (χ3n) is 9.01. The minimum atomic E-state index is -0.968. The van der Waals surface area contributed by atoms with E-state index < -0.39 is 28.9 Å². The number of anilines is 1. The molecule has 3 atom stereocenters. The lowest BCUT2D eigenvalue weighted by atomic mass is 9.95. The van der Waals surface area contributed by atoms with E-state index >= 15 is 4.39 Å². The zero-order chi connectivity index (χ0) is 29.2. The van der Waals surface area contributed by atoms with Crippen molar-refractivity contribution < 1.29 is 28.1 Å². The summed E-state index contributed by atoms with van der Waals surface area (Å²) in [7, 11) is 0. The van der Waals surface area contributed by atoms with Gasteiger partial charge in [0, 0.05) is 43.2 Å². The standard InChI is InChI=1S/C31H32F3N5O3/c1-30(41)7-3-9-38(16-30)28-22-14-35-26(21-12-20(40)11-18-5-2-6-23(33)24(18)21)25(34)27(22)36-29(37-28)42-17-31-8-4-10-39(31)15-19(32)13-31/h2,5-6,11-12,14,19,40-41H,3-4,7-10,13,15-17H2,1H3/t19-,30-,31?/m1/s1. The normalized spacial score (nSPS) is 26.3. The number of phenolic OH excluding ortho intramolecular Hbond substituents is 1. The van der Waals surface area contributed by atoms with Crippen molar-refractivity contribution in [3.63, 3.8) is 0 Å². The van der Waals surface area contributed by atoms with E-state index in [0.29, 0.717) is 48.9 Å². The Balaban J connectivity index is 1.36. The lowest BCUT2D eigenvalue weighted by Crippen LogP contribution is -2.46. The minimum absolute atomic E-state index is 0.0609. The molecule has 3 aliphatic rings. The maximum atomic E-state index is 16.5. The highest BCUT2D eigenvalue weighted by atomic mass is 19.1. The number of ether oxygens (including phenoxy) is 1. The average molecular weight is 580 g/mol. The van der Waals surface area contributed by atoms with Crippen LogP contribution in [-0.2, 0) is 0 Å². The number of β-amino-alcohol motifs (C(OH)–C–C–N with tert-alkyl or cyclic N) is 1. The van der Waals surface area contributed by atoms with Crippen LogP contribution in [0.5, 0.6) is 11.8 Å². The van der Waals surface area contributed by atoms with Crippen molar-refractivity contribution in [3.05, 3.63) is 48.2 Å². The smallest absolute Gasteiger partial charge is 0.319 e. The Morgan fingerprint density at radius 2 is 1.95 bits per heavy atom. The average Bonchev–Trinajstić information content (AvgIpc) is 3.46. The van der Waals surface area contributed by atoms with Crippen LogP contribution in [0.4, 0.5) is 19.0 Å². The summed E-state index contributed by atoms with van der Waals surface area (Å²) in [5, 5.41) is 22.0. The number of benzene rings is 2. The number of aromatic hydroxyl groups is 1. The molecule has 0 spiro atoms. The lowest BCUT2D eigenvalue weighted by molar-refractivity contribution is 0.0447. The molecule has 42 heavy (non-hydrogen) atoms. The van der Waals surface area contributed by atoms with Crippen LogP contribution < -0.4 is 9.64 Å². The molecule has 2 N–H and O–H groups in total. The van der Waals surface area contributed by atoms with Crippen LogP contribution in [0.25, 0.3) is 32.9 Å². The molecule has 2 aromatic heterocycles. The van der Waals surface area contributed by atoms with Gasteiger partial charge >= 0.3 is 6.01 Å². The summed E-state index contributed by atoms with van der Waals surface area (Å²) < 4.78 is 52.0. The van der Waals surface area contributed by atoms with Crippen molar-refractivity contribution in [1.82, 2.24) is 19.9 Å². The molecule has 2 aromatic carbocycles. The van der Waals surface area contributed by atoms with Gasteiger partial charge in [0.25, 0.3) is 0 Å². The summed E-state index contributed by atoms with van der Waals surface area (Å²) in [5.74, 6) is -1.17. The largest absolute Gasteiger partial charge is 0.508 e. The van der Waals surface area contributed by atoms with Crippen LogP contribution in [0.3, 0.4) is 0 Å². The van der Waals surface area contributed by atoms with Crippen molar-refractivity contribution in [3.8, 4) is 23.0 Å². The third kappa shape index (κ3) is 4.59. The molecule has 4 aromatic rings. The van der Waals surface area contributed by atoms with E-state index in [2.05, 4.69) is 19.9 Å². The van der Waals surface area contributed by atoms with Gasteiger partial charge in [0.1, 0.15) is 41.4 Å². The molecule has 3 aliphatic heterocycles. The number of hydrogen-bond acceptors (Lipinski definition) is 8. The number of aromatic nitrogens is 3. The molecule has 11 heteroatoms. The monoisotopic (exact) mass is 579 g/mol. The van der Waals surface area contributed by atoms with Gasteiger partial charge < -0.3 is 19.8 Å². The van der Waals surface area contributed by atoms with E-state index in [1.807, 2.05) is 4.90 Å². The Morgan fingerprint density at radius 1 is 1.12 bits per heavy atom. The number of phenols is 1. The quantitative estimate of drug-likeness (QED) is 0.336. The number of piperidine rings is 1. The number of rotatable bonds is 5. The topological polar surface area (TPSA) is 94.8 Å². The Bertz CT molecular complexity index is 1700. The van der Waals surface area contributed by atoms with Crippen molar-refractivity contribution >= 4 is 27.5 Å². The first-order valence-corrected chi connectivity index (χ1v) is 14.4. The molecule has 0 amide bonds. The highest BCUT2D eigenvalue weighted by Crippen LogP contribution is 2.41. The molecular weight excluding hydrogens is 547 g/mol. The van der Waals surface area contributed by atoms with Crippen LogP contribution in [-0.4, -0.2) is 80.2 Å². The molecule has 8 nitrogen and oxygen atoms in total. The highest BCUT2D eigenvalue weighted by Gasteiger charge is 2.49. The highest BCUT2D eigenvalue weighted by molar-refractivity contribution is 6.00. The van der Waals surface area contributed by atoms with Crippen LogP contribution >= 0.6 is 0 Å². The van der Waals surface area contributed by atoms with Crippen LogP contribution in [0.2, 0.25) is 0 Å². The Labute approximate surface area is 240 Å². The van der Waals surface area contributed by atoms with Gasteiger partial charge in [0.2, 0.25) is 0 Å². The van der Waals surface area contributed by atoms with Crippen molar-refractivity contribution in [1.29, 1.82) is 0 Å². The van der Waals surface area contributed by atoms with Crippen LogP contribution in [0, 0.1) is 11.6 Å². The van der Waals surface area contributed by atoms with Gasteiger partial charge in [0.05, 0.1) is 16.5 Å². The Kier molecular flexibility index (Phi) is 6.43. The first kappa shape index (κ1) is 27.2. The molecule has 0 bridgehead atoms. The number of hydrogen-bond donors (Lipinski definition) is 2. The third-order valence-corrected chi connectivity index (χ3v) is 9.01. The first-order valence-electron chi connectivity index (χ1n) is 14.4. The number of nitrogens with zero attached hydrogens (tertiary/aromatic N) is 5. The summed E-state index contributed by atoms with van der Waals surface area (Å²) in [5.41, 5.74) is -1.58. The second kappa shape index (κ2) is 9.95. The van der Waals surface area contributed by atoms with E-state index in [1.165, 1.54) is 30.5 Å². The van der Waals surface area contributed by atoms with Gasteiger partial charge in [-0.05, 0) is 62.7 Å². The summed E-state index contributed by atoms with van der Waals surface area (Å²) in [6.45, 7) is 3.93. The number of aliphatic hydroxyl groups is 1. The van der Waals surface area contributed by atoms with Crippen LogP contribution in [0.1, 0.15) is 39.0 Å². The van der Waals surface area contributed by atoms with Gasteiger partial charge in [-0.1, -0.05) is 12.1 Å². The molecule has 220 valence electrons. The van der Waals surface area contributed by atoms with Gasteiger partial charge in [0.15, 0.2) is 5.82 Å². The summed E-state index contributed by atoms with van der Waals surface area (Å²) in [4.78, 5) is 17.5. The molecule has 5 heterocycles. The fraction of sp³-hybridized carbons (Fsp3) is 0.452. The SMILES string of the molecule is C[C@@]1(O)CCCN(c2nc(OCC34CCCN3C[C@H](F)C4)nc3c(F)c(-c4cc(O)cc5cccc(F)c45)ncc23)C1. The number of halogens is 3. The first-order chi connectivity index (χ1) is 20.1. The van der Waals surface area contributed by atoms with Crippen molar-refractivity contribution in [2.45, 2.75) is 56.3 Å². The fourth-order valence-corrected chi connectivity index (χ4v) is 7.12. The van der Waals surface area contributed by atoms with E-state index in [1.54, 1.807) is 13.0 Å². The number of alkyl halides is 1.